The van der Waals surface area contributed by atoms with Crippen LogP contribution < -0.4 is 11.1 Å². The molecule has 1 atom stereocenters. The van der Waals surface area contributed by atoms with Crippen LogP contribution >= 0.6 is 11.8 Å². The number of thioether (sulfide) groups is 1. The summed E-state index contributed by atoms with van der Waals surface area (Å²) >= 11 is 1.77. The largest absolute Gasteiger partial charge is 0.368 e. The molecule has 0 aliphatic rings. The Morgan fingerprint density at radius 3 is 2.71 bits per heavy atom. The van der Waals surface area contributed by atoms with Crippen LogP contribution in [0.25, 0.3) is 0 Å². The molecule has 17 heavy (non-hydrogen) atoms. The number of nitrogens with two attached hydrogens (primary N) is 1. The molecule has 3 N–H and O–H groups in total. The molecule has 3 nitrogen and oxygen atoms in total. The molecule has 0 spiro atoms. The lowest BCUT2D eigenvalue weighted by Gasteiger charge is -2.12. The predicted octanol–water partition coefficient (Wildman–Crippen LogP) is 1.86. The number of carbonyl (C=O) groups is 1. The van der Waals surface area contributed by atoms with E-state index in [0.29, 0.717) is 0 Å². The number of rotatable bonds is 6. The maximum absolute atomic E-state index is 11.0. The fraction of sp³-hybridized carbons (Fsp3) is 0.462. The summed E-state index contributed by atoms with van der Waals surface area (Å²) in [4.78, 5) is 12.3. The van der Waals surface area contributed by atoms with E-state index in [1.165, 1.54) is 16.0 Å². The Morgan fingerprint density at radius 2 is 2.18 bits per heavy atom. The minimum absolute atomic E-state index is 0.228. The first-order chi connectivity index (χ1) is 8.04. The van der Waals surface area contributed by atoms with Crippen molar-refractivity contribution in [3.8, 4) is 0 Å². The number of aryl methyl sites for hydroxylation is 2. The van der Waals surface area contributed by atoms with Gasteiger partial charge >= 0.3 is 0 Å². The molecule has 94 valence electrons. The Bertz CT molecular complexity index is 393. The number of nitrogens with one attached hydrogen (secondary N) is 1. The van der Waals surface area contributed by atoms with Crippen LogP contribution in [0, 0.1) is 13.8 Å². The van der Waals surface area contributed by atoms with E-state index in [0.717, 1.165) is 12.2 Å². The zero-order chi connectivity index (χ0) is 12.8. The van der Waals surface area contributed by atoms with Gasteiger partial charge in [0.15, 0.2) is 0 Å². The van der Waals surface area contributed by atoms with Crippen molar-refractivity contribution in [2.75, 3.05) is 12.8 Å². The van der Waals surface area contributed by atoms with Crippen LogP contribution in [0.1, 0.15) is 17.5 Å². The van der Waals surface area contributed by atoms with Gasteiger partial charge in [-0.1, -0.05) is 17.7 Å². The van der Waals surface area contributed by atoms with Crippen molar-refractivity contribution in [1.29, 1.82) is 0 Å². The summed E-state index contributed by atoms with van der Waals surface area (Å²) in [6.07, 6.45) is 0.754. The highest BCUT2D eigenvalue weighted by Crippen LogP contribution is 2.24. The van der Waals surface area contributed by atoms with Gasteiger partial charge in [-0.05, 0) is 38.9 Å². The second-order valence-electron chi connectivity index (χ2n) is 4.15. The SMILES string of the molecule is CNC(CCSc1ccc(C)cc1C)C(N)=O. The molecule has 1 aromatic carbocycles. The molecule has 1 rings (SSSR count). The average molecular weight is 252 g/mol. The minimum atomic E-state index is -0.284. The van der Waals surface area contributed by atoms with Gasteiger partial charge in [0.1, 0.15) is 0 Å². The summed E-state index contributed by atoms with van der Waals surface area (Å²) in [6.45, 7) is 4.20. The van der Waals surface area contributed by atoms with E-state index >= 15 is 0 Å². The molecule has 0 radical (unpaired) electrons. The van der Waals surface area contributed by atoms with Crippen molar-refractivity contribution in [2.24, 2.45) is 5.73 Å². The van der Waals surface area contributed by atoms with E-state index in [9.17, 15) is 4.79 Å². The van der Waals surface area contributed by atoms with E-state index in [1.807, 2.05) is 0 Å². The fourth-order valence-corrected chi connectivity index (χ4v) is 2.70. The molecule has 0 aliphatic heterocycles. The highest BCUT2D eigenvalue weighted by Gasteiger charge is 2.12. The molecule has 4 heteroatoms. The molecule has 0 aromatic heterocycles. The van der Waals surface area contributed by atoms with Gasteiger partial charge < -0.3 is 11.1 Å². The van der Waals surface area contributed by atoms with E-state index in [1.54, 1.807) is 18.8 Å². The fourth-order valence-electron chi connectivity index (χ4n) is 1.68. The highest BCUT2D eigenvalue weighted by atomic mass is 32.2. The van der Waals surface area contributed by atoms with Crippen LogP contribution in [0.4, 0.5) is 0 Å². The van der Waals surface area contributed by atoms with Crippen LogP contribution in [-0.4, -0.2) is 24.7 Å². The molecule has 0 saturated carbocycles. The third-order valence-electron chi connectivity index (χ3n) is 2.69. The minimum Gasteiger partial charge on any atom is -0.368 e. The van der Waals surface area contributed by atoms with Gasteiger partial charge in [-0.25, -0.2) is 0 Å². The summed E-state index contributed by atoms with van der Waals surface area (Å²) in [7, 11) is 1.76. The van der Waals surface area contributed by atoms with Gasteiger partial charge in [0.25, 0.3) is 0 Å². The average Bonchev–Trinajstić information content (AvgIpc) is 2.26. The molecular weight excluding hydrogens is 232 g/mol. The smallest absolute Gasteiger partial charge is 0.234 e. The maximum Gasteiger partial charge on any atom is 0.234 e. The van der Waals surface area contributed by atoms with Gasteiger partial charge in [0, 0.05) is 10.6 Å². The topological polar surface area (TPSA) is 55.1 Å². The van der Waals surface area contributed by atoms with Gasteiger partial charge in [0.05, 0.1) is 6.04 Å². The van der Waals surface area contributed by atoms with Crippen LogP contribution in [0.15, 0.2) is 23.1 Å². The van der Waals surface area contributed by atoms with Gasteiger partial charge in [-0.15, -0.1) is 11.8 Å². The maximum atomic E-state index is 11.0. The van der Waals surface area contributed by atoms with Crippen LogP contribution in [-0.2, 0) is 4.79 Å². The Balaban J connectivity index is 2.48. The summed E-state index contributed by atoms with van der Waals surface area (Å²) < 4.78 is 0. The monoisotopic (exact) mass is 252 g/mol. The van der Waals surface area contributed by atoms with E-state index in [-0.39, 0.29) is 11.9 Å². The normalized spacial score (nSPS) is 12.4. The number of likely N-dealkylation sites (N-methyl/N-ethyl adjacent to an activating group) is 1. The zero-order valence-corrected chi connectivity index (χ0v) is 11.4. The summed E-state index contributed by atoms with van der Waals surface area (Å²) in [5, 5.41) is 2.92. The van der Waals surface area contributed by atoms with E-state index in [2.05, 4.69) is 37.4 Å². The van der Waals surface area contributed by atoms with Crippen molar-refractivity contribution >= 4 is 17.7 Å². The lowest BCUT2D eigenvalue weighted by molar-refractivity contribution is -0.119. The Labute approximate surface area is 107 Å². The highest BCUT2D eigenvalue weighted by molar-refractivity contribution is 7.99. The zero-order valence-electron chi connectivity index (χ0n) is 10.6. The summed E-state index contributed by atoms with van der Waals surface area (Å²) in [6, 6.07) is 6.19. The molecular formula is C13H20N2OS. The van der Waals surface area contributed by atoms with E-state index < -0.39 is 0 Å². The Kier molecular flexibility index (Phi) is 5.51. The van der Waals surface area contributed by atoms with Crippen molar-refractivity contribution < 1.29 is 4.79 Å². The predicted molar refractivity (Wildman–Crippen MR) is 73.3 cm³/mol. The molecule has 1 aromatic rings. The molecule has 1 amide bonds. The lowest BCUT2D eigenvalue weighted by Crippen LogP contribution is -2.39. The molecule has 0 bridgehead atoms. The molecule has 0 fully saturated rings. The van der Waals surface area contributed by atoms with Gasteiger partial charge in [-0.3, -0.25) is 4.79 Å². The first kappa shape index (κ1) is 14.1. The van der Waals surface area contributed by atoms with E-state index in [4.69, 9.17) is 5.73 Å². The summed E-state index contributed by atoms with van der Waals surface area (Å²) in [5.41, 5.74) is 7.83. The standard InChI is InChI=1S/C13H20N2OS/c1-9-4-5-12(10(2)8-9)17-7-6-11(15-3)13(14)16/h4-5,8,11,15H,6-7H2,1-3H3,(H2,14,16). The van der Waals surface area contributed by atoms with Crippen molar-refractivity contribution in [2.45, 2.75) is 31.2 Å². The van der Waals surface area contributed by atoms with Crippen molar-refractivity contribution in [3.63, 3.8) is 0 Å². The first-order valence-electron chi connectivity index (χ1n) is 5.71. The first-order valence-corrected chi connectivity index (χ1v) is 6.69. The molecule has 0 heterocycles. The quantitative estimate of drug-likeness (QED) is 0.760. The van der Waals surface area contributed by atoms with Gasteiger partial charge in [0.2, 0.25) is 5.91 Å². The molecule has 0 aliphatic carbocycles. The number of primary amides is 1. The third-order valence-corrected chi connectivity index (χ3v) is 3.90. The molecule has 0 saturated heterocycles. The number of hydrogen-bond acceptors (Lipinski definition) is 3. The second-order valence-corrected chi connectivity index (χ2v) is 5.29. The van der Waals surface area contributed by atoms with Crippen LogP contribution in [0.5, 0.6) is 0 Å². The Morgan fingerprint density at radius 1 is 1.47 bits per heavy atom. The number of benzene rings is 1. The van der Waals surface area contributed by atoms with Crippen molar-refractivity contribution in [3.05, 3.63) is 29.3 Å². The molecule has 1 unspecified atom stereocenters. The Hall–Kier alpha value is -1.00. The second kappa shape index (κ2) is 6.67. The number of amides is 1. The lowest BCUT2D eigenvalue weighted by atomic mass is 10.2. The van der Waals surface area contributed by atoms with Crippen molar-refractivity contribution in [1.82, 2.24) is 5.32 Å². The third kappa shape index (κ3) is 4.40. The summed E-state index contributed by atoms with van der Waals surface area (Å²) in [5.74, 6) is 0.604. The van der Waals surface area contributed by atoms with Crippen LogP contribution in [0.3, 0.4) is 0 Å². The number of carbonyl (C=O) groups excluding carboxylic acids is 1. The van der Waals surface area contributed by atoms with Crippen LogP contribution in [0.2, 0.25) is 0 Å². The number of hydrogen-bond donors (Lipinski definition) is 2. The van der Waals surface area contributed by atoms with Gasteiger partial charge in [-0.2, -0.15) is 0 Å².